The standard InChI is InChI=1S/C24H27N3O3S/c1-17-3-5-18(6-4-17)15-22-24(29)26-20-16-19(7-8-21(20)31-22)23(28)25-9-2-10-27-11-13-30-14-12-27/h3-8,15-16H,2,9-14H2,1H3,(H,25,28)(H,26,29)/b22-15+. The number of morpholine rings is 1. The molecule has 2 amide bonds. The number of hydrogen-bond donors (Lipinski definition) is 2. The van der Waals surface area contributed by atoms with Crippen LogP contribution in [0.4, 0.5) is 5.69 Å². The molecule has 7 heteroatoms. The van der Waals surface area contributed by atoms with Crippen molar-refractivity contribution in [3.8, 4) is 0 Å². The van der Waals surface area contributed by atoms with E-state index in [2.05, 4.69) is 15.5 Å². The topological polar surface area (TPSA) is 70.7 Å². The van der Waals surface area contributed by atoms with Crippen LogP contribution in [-0.2, 0) is 9.53 Å². The summed E-state index contributed by atoms with van der Waals surface area (Å²) in [4.78, 5) is 29.0. The summed E-state index contributed by atoms with van der Waals surface area (Å²) >= 11 is 1.42. The van der Waals surface area contributed by atoms with Gasteiger partial charge in [-0.3, -0.25) is 14.5 Å². The SMILES string of the molecule is Cc1ccc(/C=C2/Sc3ccc(C(=O)NCCCN4CCOCC4)cc3NC2=O)cc1. The Morgan fingerprint density at radius 1 is 1.19 bits per heavy atom. The summed E-state index contributed by atoms with van der Waals surface area (Å²) in [7, 11) is 0. The van der Waals surface area contributed by atoms with Gasteiger partial charge in [0.05, 0.1) is 23.8 Å². The highest BCUT2D eigenvalue weighted by molar-refractivity contribution is 8.04. The van der Waals surface area contributed by atoms with Gasteiger partial charge in [0.15, 0.2) is 0 Å². The van der Waals surface area contributed by atoms with Gasteiger partial charge in [0.2, 0.25) is 0 Å². The molecule has 2 heterocycles. The number of nitrogens with one attached hydrogen (secondary N) is 2. The molecule has 4 rings (SSSR count). The van der Waals surface area contributed by atoms with E-state index in [1.165, 1.54) is 17.3 Å². The van der Waals surface area contributed by atoms with E-state index in [4.69, 9.17) is 4.74 Å². The number of carbonyl (C=O) groups excluding carboxylic acids is 2. The number of aryl methyl sites for hydroxylation is 1. The molecule has 0 radical (unpaired) electrons. The zero-order chi connectivity index (χ0) is 21.6. The monoisotopic (exact) mass is 437 g/mol. The van der Waals surface area contributed by atoms with Gasteiger partial charge < -0.3 is 15.4 Å². The van der Waals surface area contributed by atoms with Crippen molar-refractivity contribution in [1.82, 2.24) is 10.2 Å². The van der Waals surface area contributed by atoms with Crippen molar-refractivity contribution >= 4 is 35.3 Å². The highest BCUT2D eigenvalue weighted by Crippen LogP contribution is 2.39. The maximum Gasteiger partial charge on any atom is 0.262 e. The fourth-order valence-corrected chi connectivity index (χ4v) is 4.48. The summed E-state index contributed by atoms with van der Waals surface area (Å²) < 4.78 is 5.35. The Balaban J connectivity index is 1.34. The molecule has 2 N–H and O–H groups in total. The molecule has 162 valence electrons. The fraction of sp³-hybridized carbons (Fsp3) is 0.333. The molecule has 31 heavy (non-hydrogen) atoms. The molecule has 0 atom stereocenters. The van der Waals surface area contributed by atoms with Gasteiger partial charge in [0, 0.05) is 30.1 Å². The van der Waals surface area contributed by atoms with Crippen LogP contribution in [-0.4, -0.2) is 56.1 Å². The largest absolute Gasteiger partial charge is 0.379 e. The maximum atomic E-state index is 12.6. The Morgan fingerprint density at radius 3 is 2.74 bits per heavy atom. The average Bonchev–Trinajstić information content (AvgIpc) is 2.79. The van der Waals surface area contributed by atoms with E-state index in [0.29, 0.717) is 22.7 Å². The number of benzene rings is 2. The highest BCUT2D eigenvalue weighted by atomic mass is 32.2. The molecule has 0 saturated carbocycles. The molecular weight excluding hydrogens is 410 g/mol. The Labute approximate surface area is 187 Å². The first-order valence-electron chi connectivity index (χ1n) is 10.6. The molecule has 0 unspecified atom stereocenters. The molecule has 2 aromatic carbocycles. The van der Waals surface area contributed by atoms with E-state index in [9.17, 15) is 9.59 Å². The van der Waals surface area contributed by atoms with Crippen molar-refractivity contribution in [2.45, 2.75) is 18.2 Å². The van der Waals surface area contributed by atoms with Crippen molar-refractivity contribution < 1.29 is 14.3 Å². The van der Waals surface area contributed by atoms with Crippen LogP contribution in [0, 0.1) is 6.92 Å². The van der Waals surface area contributed by atoms with Crippen molar-refractivity contribution in [2.75, 3.05) is 44.7 Å². The van der Waals surface area contributed by atoms with Gasteiger partial charge in [0.1, 0.15) is 0 Å². The van der Waals surface area contributed by atoms with Crippen molar-refractivity contribution in [2.24, 2.45) is 0 Å². The van der Waals surface area contributed by atoms with E-state index in [1.54, 1.807) is 6.07 Å². The Bertz CT molecular complexity index is 982. The van der Waals surface area contributed by atoms with Gasteiger partial charge in [-0.25, -0.2) is 0 Å². The lowest BCUT2D eigenvalue weighted by Gasteiger charge is -2.26. The predicted octanol–water partition coefficient (Wildman–Crippen LogP) is 3.53. The van der Waals surface area contributed by atoms with Crippen LogP contribution < -0.4 is 10.6 Å². The molecule has 2 aliphatic rings. The zero-order valence-electron chi connectivity index (χ0n) is 17.6. The Kier molecular flexibility index (Phi) is 7.06. The quantitative estimate of drug-likeness (QED) is 0.534. The summed E-state index contributed by atoms with van der Waals surface area (Å²) in [5, 5.41) is 5.90. The fourth-order valence-electron chi connectivity index (χ4n) is 3.55. The molecule has 0 bridgehead atoms. The average molecular weight is 438 g/mol. The summed E-state index contributed by atoms with van der Waals surface area (Å²) in [6, 6.07) is 13.5. The minimum absolute atomic E-state index is 0.120. The van der Waals surface area contributed by atoms with E-state index in [0.717, 1.165) is 49.7 Å². The van der Waals surface area contributed by atoms with Gasteiger partial charge in [0.25, 0.3) is 11.8 Å². The Hall–Kier alpha value is -2.61. The zero-order valence-corrected chi connectivity index (χ0v) is 18.5. The molecule has 2 aromatic rings. The van der Waals surface area contributed by atoms with Crippen LogP contribution in [0.25, 0.3) is 6.08 Å². The lowest BCUT2D eigenvalue weighted by atomic mass is 10.1. The van der Waals surface area contributed by atoms with E-state index >= 15 is 0 Å². The van der Waals surface area contributed by atoms with E-state index in [1.807, 2.05) is 49.4 Å². The number of rotatable bonds is 6. The van der Waals surface area contributed by atoms with Crippen molar-refractivity contribution in [3.05, 3.63) is 64.1 Å². The number of amides is 2. The van der Waals surface area contributed by atoms with Gasteiger partial charge in [-0.2, -0.15) is 0 Å². The third kappa shape index (κ3) is 5.76. The highest BCUT2D eigenvalue weighted by Gasteiger charge is 2.22. The first-order chi connectivity index (χ1) is 15.1. The second-order valence-corrected chi connectivity index (χ2v) is 8.83. The van der Waals surface area contributed by atoms with Crippen molar-refractivity contribution in [1.29, 1.82) is 0 Å². The normalized spacial score (nSPS) is 17.8. The molecular formula is C24H27N3O3S. The third-order valence-corrected chi connectivity index (χ3v) is 6.45. The molecule has 0 aromatic heterocycles. The van der Waals surface area contributed by atoms with E-state index in [-0.39, 0.29) is 11.8 Å². The summed E-state index contributed by atoms with van der Waals surface area (Å²) in [5.41, 5.74) is 3.40. The minimum atomic E-state index is -0.152. The summed E-state index contributed by atoms with van der Waals surface area (Å²) in [6.45, 7) is 7.09. The molecule has 0 aliphatic carbocycles. The van der Waals surface area contributed by atoms with Gasteiger partial charge in [-0.05, 0) is 49.7 Å². The van der Waals surface area contributed by atoms with Crippen LogP contribution in [0.1, 0.15) is 27.9 Å². The lowest BCUT2D eigenvalue weighted by Crippen LogP contribution is -2.38. The summed E-state index contributed by atoms with van der Waals surface area (Å²) in [5.74, 6) is -0.272. The Morgan fingerprint density at radius 2 is 1.97 bits per heavy atom. The van der Waals surface area contributed by atoms with Crippen LogP contribution in [0.2, 0.25) is 0 Å². The number of carbonyl (C=O) groups is 2. The minimum Gasteiger partial charge on any atom is -0.379 e. The number of thioether (sulfide) groups is 1. The van der Waals surface area contributed by atoms with Gasteiger partial charge >= 0.3 is 0 Å². The molecule has 1 saturated heterocycles. The molecule has 1 fully saturated rings. The van der Waals surface area contributed by atoms with Gasteiger partial charge in [-0.1, -0.05) is 41.6 Å². The van der Waals surface area contributed by atoms with Crippen LogP contribution in [0.15, 0.2) is 52.3 Å². The number of anilines is 1. The first kappa shape index (κ1) is 21.6. The second kappa shape index (κ2) is 10.1. The number of ether oxygens (including phenoxy) is 1. The van der Waals surface area contributed by atoms with E-state index < -0.39 is 0 Å². The van der Waals surface area contributed by atoms with Crippen LogP contribution >= 0.6 is 11.8 Å². The number of nitrogens with zero attached hydrogens (tertiary/aromatic N) is 1. The molecule has 6 nitrogen and oxygen atoms in total. The first-order valence-corrected chi connectivity index (χ1v) is 11.4. The second-order valence-electron chi connectivity index (χ2n) is 7.75. The third-order valence-electron chi connectivity index (χ3n) is 5.35. The summed E-state index contributed by atoms with van der Waals surface area (Å²) in [6.07, 6.45) is 2.79. The smallest absolute Gasteiger partial charge is 0.262 e. The molecule has 2 aliphatic heterocycles. The predicted molar refractivity (Wildman–Crippen MR) is 124 cm³/mol. The number of hydrogen-bond acceptors (Lipinski definition) is 5. The maximum absolute atomic E-state index is 12.6. The van der Waals surface area contributed by atoms with Crippen molar-refractivity contribution in [3.63, 3.8) is 0 Å². The number of fused-ring (bicyclic) bond motifs is 1. The van der Waals surface area contributed by atoms with Crippen LogP contribution in [0.5, 0.6) is 0 Å². The van der Waals surface area contributed by atoms with Gasteiger partial charge in [-0.15, -0.1) is 0 Å². The molecule has 0 spiro atoms. The van der Waals surface area contributed by atoms with Crippen LogP contribution in [0.3, 0.4) is 0 Å². The lowest BCUT2D eigenvalue weighted by molar-refractivity contribution is -0.112.